The molecule has 0 radical (unpaired) electrons. The summed E-state index contributed by atoms with van der Waals surface area (Å²) < 4.78 is 0. The SMILES string of the molecule is Cc1cc(C)c(CCNC(=O)C2CCN(C(=O)/C=C/c3ccccc3)CC2)c(C)c1. The Kier molecular flexibility index (Phi) is 7.45. The van der Waals surface area contributed by atoms with Gasteiger partial charge in [-0.15, -0.1) is 0 Å². The summed E-state index contributed by atoms with van der Waals surface area (Å²) >= 11 is 0. The van der Waals surface area contributed by atoms with Gasteiger partial charge in [-0.25, -0.2) is 0 Å². The molecule has 0 saturated carbocycles. The van der Waals surface area contributed by atoms with Crippen molar-refractivity contribution in [3.63, 3.8) is 0 Å². The average Bonchev–Trinajstić information content (AvgIpc) is 2.74. The van der Waals surface area contributed by atoms with Crippen LogP contribution in [0.4, 0.5) is 0 Å². The first kappa shape index (κ1) is 21.8. The van der Waals surface area contributed by atoms with Crippen LogP contribution in [0.25, 0.3) is 6.08 Å². The van der Waals surface area contributed by atoms with E-state index in [4.69, 9.17) is 0 Å². The number of hydrogen-bond donors (Lipinski definition) is 1. The van der Waals surface area contributed by atoms with Crippen molar-refractivity contribution < 1.29 is 9.59 Å². The molecule has 0 atom stereocenters. The monoisotopic (exact) mass is 404 g/mol. The molecule has 0 unspecified atom stereocenters. The fourth-order valence-corrected chi connectivity index (χ4v) is 4.26. The van der Waals surface area contributed by atoms with Gasteiger partial charge in [0.25, 0.3) is 0 Å². The number of hydrogen-bond acceptors (Lipinski definition) is 2. The Morgan fingerprint density at radius 1 is 1.03 bits per heavy atom. The molecule has 2 aromatic carbocycles. The number of carbonyl (C=O) groups is 2. The summed E-state index contributed by atoms with van der Waals surface area (Å²) in [4.78, 5) is 26.8. The molecule has 0 bridgehead atoms. The normalized spacial score (nSPS) is 14.8. The first-order valence-electron chi connectivity index (χ1n) is 10.8. The molecule has 4 heteroatoms. The van der Waals surface area contributed by atoms with Crippen LogP contribution in [0.3, 0.4) is 0 Å². The van der Waals surface area contributed by atoms with Crippen molar-refractivity contribution in [1.29, 1.82) is 0 Å². The van der Waals surface area contributed by atoms with Crippen LogP contribution in [0.5, 0.6) is 0 Å². The molecule has 1 aliphatic rings. The number of amides is 2. The second-order valence-corrected chi connectivity index (χ2v) is 8.26. The molecular formula is C26H32N2O2. The molecule has 1 saturated heterocycles. The third-order valence-electron chi connectivity index (χ3n) is 5.91. The lowest BCUT2D eigenvalue weighted by molar-refractivity contribution is -0.132. The van der Waals surface area contributed by atoms with E-state index in [9.17, 15) is 9.59 Å². The van der Waals surface area contributed by atoms with Crippen LogP contribution in [-0.2, 0) is 16.0 Å². The minimum Gasteiger partial charge on any atom is -0.356 e. The van der Waals surface area contributed by atoms with Gasteiger partial charge in [-0.3, -0.25) is 9.59 Å². The highest BCUT2D eigenvalue weighted by molar-refractivity contribution is 5.92. The van der Waals surface area contributed by atoms with E-state index >= 15 is 0 Å². The standard InChI is InChI=1S/C26H32N2O2/c1-19-17-20(2)24(21(3)18-19)11-14-27-26(30)23-12-15-28(16-13-23)25(29)10-9-22-7-5-4-6-8-22/h4-10,17-18,23H,11-16H2,1-3H3,(H,27,30)/b10-9+. The lowest BCUT2D eigenvalue weighted by Crippen LogP contribution is -2.42. The summed E-state index contributed by atoms with van der Waals surface area (Å²) in [5, 5.41) is 3.10. The molecule has 30 heavy (non-hydrogen) atoms. The Balaban J connectivity index is 1.43. The zero-order valence-electron chi connectivity index (χ0n) is 18.3. The van der Waals surface area contributed by atoms with Crippen molar-refractivity contribution in [2.24, 2.45) is 5.92 Å². The fourth-order valence-electron chi connectivity index (χ4n) is 4.26. The van der Waals surface area contributed by atoms with E-state index in [-0.39, 0.29) is 17.7 Å². The number of benzene rings is 2. The highest BCUT2D eigenvalue weighted by Gasteiger charge is 2.26. The molecule has 1 fully saturated rings. The molecule has 4 nitrogen and oxygen atoms in total. The molecule has 0 aliphatic carbocycles. The van der Waals surface area contributed by atoms with Gasteiger partial charge in [0.05, 0.1) is 0 Å². The molecule has 158 valence electrons. The third-order valence-corrected chi connectivity index (χ3v) is 5.91. The summed E-state index contributed by atoms with van der Waals surface area (Å²) in [6.45, 7) is 8.30. The average molecular weight is 405 g/mol. The number of nitrogens with zero attached hydrogens (tertiary/aromatic N) is 1. The molecule has 2 aromatic rings. The second kappa shape index (κ2) is 10.2. The molecule has 0 aromatic heterocycles. The lowest BCUT2D eigenvalue weighted by atomic mass is 9.95. The van der Waals surface area contributed by atoms with Crippen molar-refractivity contribution in [2.45, 2.75) is 40.0 Å². The Bertz CT molecular complexity index is 887. The van der Waals surface area contributed by atoms with Gasteiger partial charge in [0.15, 0.2) is 0 Å². The van der Waals surface area contributed by atoms with E-state index in [0.29, 0.717) is 19.6 Å². The van der Waals surface area contributed by atoms with E-state index < -0.39 is 0 Å². The van der Waals surface area contributed by atoms with Gasteiger partial charge >= 0.3 is 0 Å². The smallest absolute Gasteiger partial charge is 0.246 e. The van der Waals surface area contributed by atoms with Crippen LogP contribution in [0.15, 0.2) is 48.5 Å². The highest BCUT2D eigenvalue weighted by atomic mass is 16.2. The van der Waals surface area contributed by atoms with Gasteiger partial charge in [0.1, 0.15) is 0 Å². The molecule has 0 spiro atoms. The van der Waals surface area contributed by atoms with Crippen LogP contribution >= 0.6 is 0 Å². The molecule has 2 amide bonds. The van der Waals surface area contributed by atoms with Crippen LogP contribution in [-0.4, -0.2) is 36.3 Å². The topological polar surface area (TPSA) is 49.4 Å². The van der Waals surface area contributed by atoms with Crippen LogP contribution < -0.4 is 5.32 Å². The predicted molar refractivity (Wildman–Crippen MR) is 122 cm³/mol. The first-order chi connectivity index (χ1) is 14.4. The summed E-state index contributed by atoms with van der Waals surface area (Å²) in [5.74, 6) is 0.125. The molecule has 3 rings (SSSR count). The Morgan fingerprint density at radius 2 is 1.67 bits per heavy atom. The molecule has 1 heterocycles. The van der Waals surface area contributed by atoms with E-state index in [1.807, 2.05) is 41.3 Å². The van der Waals surface area contributed by atoms with Gasteiger partial charge < -0.3 is 10.2 Å². The maximum Gasteiger partial charge on any atom is 0.246 e. The number of aryl methyl sites for hydroxylation is 3. The van der Waals surface area contributed by atoms with Crippen LogP contribution in [0, 0.1) is 26.7 Å². The second-order valence-electron chi connectivity index (χ2n) is 8.26. The summed E-state index contributed by atoms with van der Waals surface area (Å²) in [6, 6.07) is 14.2. The Hall–Kier alpha value is -2.88. The highest BCUT2D eigenvalue weighted by Crippen LogP contribution is 2.19. The first-order valence-corrected chi connectivity index (χ1v) is 10.8. The van der Waals surface area contributed by atoms with Crippen molar-refractivity contribution in [1.82, 2.24) is 10.2 Å². The number of carbonyl (C=O) groups excluding carboxylic acids is 2. The van der Waals surface area contributed by atoms with Gasteiger partial charge in [0, 0.05) is 31.6 Å². The number of piperidine rings is 1. The Morgan fingerprint density at radius 3 is 2.30 bits per heavy atom. The van der Waals surface area contributed by atoms with E-state index in [1.54, 1.807) is 6.08 Å². The van der Waals surface area contributed by atoms with E-state index in [0.717, 1.165) is 24.8 Å². The molecule has 1 N–H and O–H groups in total. The zero-order chi connectivity index (χ0) is 21.5. The van der Waals surface area contributed by atoms with Crippen LogP contribution in [0.2, 0.25) is 0 Å². The maximum atomic E-state index is 12.6. The van der Waals surface area contributed by atoms with Crippen molar-refractivity contribution in [3.05, 3.63) is 76.4 Å². The minimum absolute atomic E-state index is 0.00707. The van der Waals surface area contributed by atoms with Crippen molar-refractivity contribution in [3.8, 4) is 0 Å². The van der Waals surface area contributed by atoms with Crippen LogP contribution in [0.1, 0.15) is 40.7 Å². The van der Waals surface area contributed by atoms with Crippen molar-refractivity contribution >= 4 is 17.9 Å². The van der Waals surface area contributed by atoms with E-state index in [1.165, 1.54) is 22.3 Å². The summed E-state index contributed by atoms with van der Waals surface area (Å²) in [5.41, 5.74) is 6.19. The largest absolute Gasteiger partial charge is 0.356 e. The molecule has 1 aliphatic heterocycles. The fraction of sp³-hybridized carbons (Fsp3) is 0.385. The van der Waals surface area contributed by atoms with Crippen molar-refractivity contribution in [2.75, 3.05) is 19.6 Å². The van der Waals surface area contributed by atoms with E-state index in [2.05, 4.69) is 38.2 Å². The Labute approximate surface area is 180 Å². The third kappa shape index (κ3) is 5.82. The number of rotatable bonds is 6. The van der Waals surface area contributed by atoms with Gasteiger partial charge in [-0.2, -0.15) is 0 Å². The maximum absolute atomic E-state index is 12.6. The number of likely N-dealkylation sites (tertiary alicyclic amines) is 1. The minimum atomic E-state index is -0.00707. The van der Waals surface area contributed by atoms with Gasteiger partial charge in [0.2, 0.25) is 11.8 Å². The lowest BCUT2D eigenvalue weighted by Gasteiger charge is -2.30. The zero-order valence-corrected chi connectivity index (χ0v) is 18.3. The predicted octanol–water partition coefficient (Wildman–Crippen LogP) is 4.22. The number of nitrogens with one attached hydrogen (secondary N) is 1. The quantitative estimate of drug-likeness (QED) is 0.733. The van der Waals surface area contributed by atoms with Gasteiger partial charge in [-0.05, 0) is 68.4 Å². The molecular weight excluding hydrogens is 372 g/mol. The summed E-state index contributed by atoms with van der Waals surface area (Å²) in [6.07, 6.45) is 5.77. The summed E-state index contributed by atoms with van der Waals surface area (Å²) in [7, 11) is 0. The van der Waals surface area contributed by atoms with Gasteiger partial charge in [-0.1, -0.05) is 48.0 Å².